The van der Waals surface area contributed by atoms with Crippen molar-refractivity contribution in [1.29, 1.82) is 0 Å². The molecule has 0 aliphatic rings. The van der Waals surface area contributed by atoms with Gasteiger partial charge in [0.2, 0.25) is 0 Å². The zero-order valence-corrected chi connectivity index (χ0v) is 6.65. The first-order valence-electron chi connectivity index (χ1n) is 3.65. The van der Waals surface area contributed by atoms with Crippen LogP contribution in [0.4, 0.5) is 0 Å². The molecule has 1 rings (SSSR count). The summed E-state index contributed by atoms with van der Waals surface area (Å²) in [6.45, 7) is 8.18. The van der Waals surface area contributed by atoms with E-state index in [0.29, 0.717) is 0 Å². The maximum absolute atomic E-state index is 3.87. The Kier molecular flexibility index (Phi) is 2.10. The summed E-state index contributed by atoms with van der Waals surface area (Å²) in [7, 11) is 0. The molecule has 0 aromatic heterocycles. The lowest BCUT2D eigenvalue weighted by molar-refractivity contribution is 1.11. The van der Waals surface area contributed by atoms with E-state index in [0.717, 1.165) is 12.0 Å². The number of aryl methyl sites for hydroxylation is 2. The van der Waals surface area contributed by atoms with Gasteiger partial charge in [0.25, 0.3) is 0 Å². The topological polar surface area (TPSA) is 0 Å². The fraction of sp³-hybridized carbons (Fsp3) is 0.300. The van der Waals surface area contributed by atoms with Crippen molar-refractivity contribution in [3.8, 4) is 0 Å². The number of hydrogen-bond acceptors (Lipinski definition) is 0. The fourth-order valence-electron chi connectivity index (χ4n) is 1.11. The molecule has 0 atom stereocenters. The Morgan fingerprint density at radius 1 is 1.40 bits per heavy atom. The molecule has 0 heteroatoms. The Labute approximate surface area is 62.9 Å². The zero-order chi connectivity index (χ0) is 7.56. The third kappa shape index (κ3) is 1.38. The van der Waals surface area contributed by atoms with Gasteiger partial charge in [-0.1, -0.05) is 25.1 Å². The molecular weight excluding hydrogens is 120 g/mol. The minimum atomic E-state index is 1.11. The Bertz CT molecular complexity index is 223. The second-order valence-electron chi connectivity index (χ2n) is 2.61. The van der Waals surface area contributed by atoms with Crippen LogP contribution in [-0.4, -0.2) is 0 Å². The molecule has 10 heavy (non-hydrogen) atoms. The molecule has 53 valence electrons. The SMILES string of the molecule is [CH2]c1ccc(C)c(CC)c1. The number of rotatable bonds is 1. The summed E-state index contributed by atoms with van der Waals surface area (Å²) in [5.74, 6) is 0. The quantitative estimate of drug-likeness (QED) is 0.552. The summed E-state index contributed by atoms with van der Waals surface area (Å²) >= 11 is 0. The molecule has 0 spiro atoms. The summed E-state index contributed by atoms with van der Waals surface area (Å²) in [6.07, 6.45) is 1.11. The molecule has 0 heterocycles. The van der Waals surface area contributed by atoms with Crippen molar-refractivity contribution in [2.75, 3.05) is 0 Å². The summed E-state index contributed by atoms with van der Waals surface area (Å²) in [5, 5.41) is 0. The maximum atomic E-state index is 3.87. The zero-order valence-electron chi connectivity index (χ0n) is 6.65. The van der Waals surface area contributed by atoms with Crippen LogP contribution in [-0.2, 0) is 6.42 Å². The second kappa shape index (κ2) is 2.87. The summed E-state index contributed by atoms with van der Waals surface area (Å²) < 4.78 is 0. The van der Waals surface area contributed by atoms with Crippen LogP contribution in [0.3, 0.4) is 0 Å². The third-order valence-corrected chi connectivity index (χ3v) is 1.79. The van der Waals surface area contributed by atoms with E-state index in [1.54, 1.807) is 0 Å². The van der Waals surface area contributed by atoms with Gasteiger partial charge >= 0.3 is 0 Å². The van der Waals surface area contributed by atoms with Crippen LogP contribution in [0.1, 0.15) is 23.6 Å². The normalized spacial score (nSPS) is 9.90. The fourth-order valence-corrected chi connectivity index (χ4v) is 1.11. The highest BCUT2D eigenvalue weighted by molar-refractivity contribution is 5.32. The summed E-state index contributed by atoms with van der Waals surface area (Å²) in [5.41, 5.74) is 3.89. The van der Waals surface area contributed by atoms with Crippen LogP contribution in [0.25, 0.3) is 0 Å². The average Bonchev–Trinajstić information content (AvgIpc) is 1.94. The van der Waals surface area contributed by atoms with Gasteiger partial charge < -0.3 is 0 Å². The van der Waals surface area contributed by atoms with E-state index in [9.17, 15) is 0 Å². The molecule has 0 fully saturated rings. The maximum Gasteiger partial charge on any atom is -0.0238 e. The van der Waals surface area contributed by atoms with E-state index in [2.05, 4.69) is 39.0 Å². The van der Waals surface area contributed by atoms with Gasteiger partial charge in [-0.15, -0.1) is 0 Å². The van der Waals surface area contributed by atoms with Crippen molar-refractivity contribution in [2.24, 2.45) is 0 Å². The second-order valence-corrected chi connectivity index (χ2v) is 2.61. The summed E-state index contributed by atoms with van der Waals surface area (Å²) in [6, 6.07) is 6.32. The Balaban J connectivity index is 3.09. The van der Waals surface area contributed by atoms with Gasteiger partial charge in [0.15, 0.2) is 0 Å². The van der Waals surface area contributed by atoms with Crippen molar-refractivity contribution in [3.05, 3.63) is 41.8 Å². The lowest BCUT2D eigenvalue weighted by atomic mass is 10.0. The van der Waals surface area contributed by atoms with Crippen LogP contribution in [0.2, 0.25) is 0 Å². The Hall–Kier alpha value is -0.780. The molecule has 0 amide bonds. The molecule has 1 aromatic carbocycles. The molecule has 0 aliphatic carbocycles. The molecule has 0 saturated heterocycles. The van der Waals surface area contributed by atoms with Crippen molar-refractivity contribution >= 4 is 0 Å². The molecule has 0 aliphatic heterocycles. The minimum Gasteiger partial charge on any atom is -0.0613 e. The highest BCUT2D eigenvalue weighted by atomic mass is 14.0. The van der Waals surface area contributed by atoms with E-state index < -0.39 is 0 Å². The van der Waals surface area contributed by atoms with E-state index in [1.807, 2.05) is 0 Å². The average molecular weight is 133 g/mol. The third-order valence-electron chi connectivity index (χ3n) is 1.79. The van der Waals surface area contributed by atoms with Crippen molar-refractivity contribution in [1.82, 2.24) is 0 Å². The van der Waals surface area contributed by atoms with Crippen LogP contribution in [0.15, 0.2) is 18.2 Å². The van der Waals surface area contributed by atoms with Crippen LogP contribution < -0.4 is 0 Å². The molecular formula is C10H13. The highest BCUT2D eigenvalue weighted by Crippen LogP contribution is 2.10. The molecule has 1 aromatic rings. The molecule has 0 unspecified atom stereocenters. The Morgan fingerprint density at radius 2 is 2.10 bits per heavy atom. The lowest BCUT2D eigenvalue weighted by Gasteiger charge is -2.02. The first kappa shape index (κ1) is 7.33. The van der Waals surface area contributed by atoms with Gasteiger partial charge in [-0.05, 0) is 37.0 Å². The van der Waals surface area contributed by atoms with E-state index in [4.69, 9.17) is 0 Å². The monoisotopic (exact) mass is 133 g/mol. The predicted molar refractivity (Wildman–Crippen MR) is 45.0 cm³/mol. The first-order valence-corrected chi connectivity index (χ1v) is 3.65. The molecule has 0 nitrogen and oxygen atoms in total. The molecule has 1 radical (unpaired) electrons. The van der Waals surface area contributed by atoms with Gasteiger partial charge in [0.05, 0.1) is 0 Å². The van der Waals surface area contributed by atoms with Crippen LogP contribution >= 0.6 is 0 Å². The largest absolute Gasteiger partial charge is 0.0613 e. The molecule has 0 saturated carbocycles. The smallest absolute Gasteiger partial charge is 0.0238 e. The van der Waals surface area contributed by atoms with Crippen molar-refractivity contribution in [3.63, 3.8) is 0 Å². The van der Waals surface area contributed by atoms with Gasteiger partial charge in [-0.2, -0.15) is 0 Å². The summed E-state index contributed by atoms with van der Waals surface area (Å²) in [4.78, 5) is 0. The number of benzene rings is 1. The lowest BCUT2D eigenvalue weighted by Crippen LogP contribution is -1.86. The van der Waals surface area contributed by atoms with Gasteiger partial charge in [-0.25, -0.2) is 0 Å². The van der Waals surface area contributed by atoms with Gasteiger partial charge in [0.1, 0.15) is 0 Å². The van der Waals surface area contributed by atoms with Crippen LogP contribution in [0.5, 0.6) is 0 Å². The van der Waals surface area contributed by atoms with Gasteiger partial charge in [0, 0.05) is 0 Å². The van der Waals surface area contributed by atoms with E-state index >= 15 is 0 Å². The van der Waals surface area contributed by atoms with Gasteiger partial charge in [-0.3, -0.25) is 0 Å². The minimum absolute atomic E-state index is 1.11. The standard InChI is InChI=1S/C10H13/c1-4-10-7-8(2)5-6-9(10)3/h5-7H,2,4H2,1,3H3. The number of hydrogen-bond donors (Lipinski definition) is 0. The first-order chi connectivity index (χ1) is 4.74. The van der Waals surface area contributed by atoms with Crippen LogP contribution in [0, 0.1) is 13.8 Å². The van der Waals surface area contributed by atoms with Crippen molar-refractivity contribution in [2.45, 2.75) is 20.3 Å². The van der Waals surface area contributed by atoms with E-state index in [1.165, 1.54) is 11.1 Å². The van der Waals surface area contributed by atoms with E-state index in [-0.39, 0.29) is 0 Å². The molecule has 0 N–H and O–H groups in total. The van der Waals surface area contributed by atoms with Crippen molar-refractivity contribution < 1.29 is 0 Å². The highest BCUT2D eigenvalue weighted by Gasteiger charge is 1.93. The Morgan fingerprint density at radius 3 is 2.60 bits per heavy atom. The predicted octanol–water partition coefficient (Wildman–Crippen LogP) is 2.74. The molecule has 0 bridgehead atoms.